The van der Waals surface area contributed by atoms with Crippen LogP contribution in [0.25, 0.3) is 0 Å². The van der Waals surface area contributed by atoms with Crippen LogP contribution in [0.15, 0.2) is 30.3 Å². The van der Waals surface area contributed by atoms with Gasteiger partial charge in [0.25, 0.3) is 0 Å². The maximum absolute atomic E-state index is 11.7. The molecule has 1 saturated heterocycles. The number of nitrogens with one attached hydrogen (secondary N) is 1. The van der Waals surface area contributed by atoms with E-state index in [-0.39, 0.29) is 17.5 Å². The lowest BCUT2D eigenvalue weighted by Crippen LogP contribution is -2.34. The Kier molecular flexibility index (Phi) is 5.15. The topological polar surface area (TPSA) is 75.2 Å². The molecule has 1 unspecified atom stereocenters. The van der Waals surface area contributed by atoms with E-state index in [2.05, 4.69) is 15.3 Å². The van der Waals surface area contributed by atoms with Crippen molar-refractivity contribution in [2.24, 2.45) is 0 Å². The van der Waals surface area contributed by atoms with Crippen molar-refractivity contribution in [2.45, 2.75) is 25.9 Å². The number of sulfone groups is 1. The first-order chi connectivity index (χ1) is 11.8. The Morgan fingerprint density at radius 3 is 2.64 bits per heavy atom. The number of aromatic nitrogens is 2. The average Bonchev–Trinajstić information content (AvgIpc) is 2.93. The Balaban J connectivity index is 1.72. The molecule has 8 heteroatoms. The molecule has 0 spiro atoms. The molecule has 3 rings (SSSR count). The summed E-state index contributed by atoms with van der Waals surface area (Å²) in [5.41, 5.74) is 1.92. The van der Waals surface area contributed by atoms with Gasteiger partial charge in [-0.3, -0.25) is 0 Å². The number of anilines is 2. The van der Waals surface area contributed by atoms with Gasteiger partial charge in [-0.1, -0.05) is 23.7 Å². The van der Waals surface area contributed by atoms with E-state index in [0.717, 1.165) is 11.3 Å². The summed E-state index contributed by atoms with van der Waals surface area (Å²) in [4.78, 5) is 10.9. The molecule has 1 aromatic carbocycles. The van der Waals surface area contributed by atoms with Crippen molar-refractivity contribution in [3.63, 3.8) is 0 Å². The van der Waals surface area contributed by atoms with E-state index >= 15 is 0 Å². The number of rotatable bonds is 5. The Morgan fingerprint density at radius 1 is 1.28 bits per heavy atom. The van der Waals surface area contributed by atoms with Crippen molar-refractivity contribution in [2.75, 3.05) is 28.8 Å². The Morgan fingerprint density at radius 2 is 2.00 bits per heavy atom. The van der Waals surface area contributed by atoms with Crippen LogP contribution in [-0.2, 0) is 16.4 Å². The van der Waals surface area contributed by atoms with Crippen LogP contribution in [0.4, 0.5) is 11.8 Å². The lowest BCUT2D eigenvalue weighted by molar-refractivity contribution is 0.600. The highest BCUT2D eigenvalue weighted by atomic mass is 35.5. The highest BCUT2D eigenvalue weighted by Gasteiger charge is 2.31. The molecular weight excluding hydrogens is 360 g/mol. The standard InChI is InChI=1S/C17H21ClN4O2S/c1-12-9-16(19-10-13-3-5-14(18)6-4-13)21-17(20-12)22(2)15-7-8-25(23,24)11-15/h3-6,9,15H,7-8,10-11H2,1-2H3,(H,19,20,21). The fourth-order valence-corrected chi connectivity index (χ4v) is 4.74. The minimum atomic E-state index is -2.94. The average molecular weight is 381 g/mol. The molecule has 1 aromatic heterocycles. The number of halogens is 1. The minimum Gasteiger partial charge on any atom is -0.366 e. The van der Waals surface area contributed by atoms with Gasteiger partial charge in [0.15, 0.2) is 9.84 Å². The van der Waals surface area contributed by atoms with Gasteiger partial charge in [-0.2, -0.15) is 4.98 Å². The molecule has 0 bridgehead atoms. The van der Waals surface area contributed by atoms with Gasteiger partial charge >= 0.3 is 0 Å². The van der Waals surface area contributed by atoms with Crippen molar-refractivity contribution < 1.29 is 8.42 Å². The van der Waals surface area contributed by atoms with Crippen LogP contribution in [0, 0.1) is 6.92 Å². The predicted octanol–water partition coefficient (Wildman–Crippen LogP) is 2.67. The third kappa shape index (κ3) is 4.61. The summed E-state index contributed by atoms with van der Waals surface area (Å²) in [5.74, 6) is 1.65. The molecule has 134 valence electrons. The predicted molar refractivity (Wildman–Crippen MR) is 101 cm³/mol. The van der Waals surface area contributed by atoms with Crippen LogP contribution in [0.2, 0.25) is 5.02 Å². The van der Waals surface area contributed by atoms with Gasteiger partial charge in [0.2, 0.25) is 5.95 Å². The summed E-state index contributed by atoms with van der Waals surface area (Å²) in [6.45, 7) is 2.52. The normalized spacial score (nSPS) is 18.9. The smallest absolute Gasteiger partial charge is 0.227 e. The van der Waals surface area contributed by atoms with E-state index in [1.54, 1.807) is 0 Å². The van der Waals surface area contributed by atoms with Gasteiger partial charge in [0, 0.05) is 36.4 Å². The van der Waals surface area contributed by atoms with Crippen LogP contribution < -0.4 is 10.2 Å². The third-order valence-electron chi connectivity index (χ3n) is 4.30. The first-order valence-electron chi connectivity index (χ1n) is 8.10. The minimum absolute atomic E-state index is 0.0732. The molecule has 1 fully saturated rings. The SMILES string of the molecule is Cc1cc(NCc2ccc(Cl)cc2)nc(N(C)C2CCS(=O)(=O)C2)n1. The van der Waals surface area contributed by atoms with Crippen molar-refractivity contribution in [3.05, 3.63) is 46.6 Å². The maximum Gasteiger partial charge on any atom is 0.227 e. The molecule has 2 heterocycles. The molecule has 1 atom stereocenters. The third-order valence-corrected chi connectivity index (χ3v) is 6.30. The number of hydrogen-bond acceptors (Lipinski definition) is 6. The molecule has 1 aliphatic rings. The molecule has 6 nitrogen and oxygen atoms in total. The van der Waals surface area contributed by atoms with Crippen LogP contribution in [-0.4, -0.2) is 43.0 Å². The van der Waals surface area contributed by atoms with Crippen molar-refractivity contribution in [3.8, 4) is 0 Å². The van der Waals surface area contributed by atoms with Gasteiger partial charge < -0.3 is 10.2 Å². The van der Waals surface area contributed by atoms with E-state index in [9.17, 15) is 8.42 Å². The van der Waals surface area contributed by atoms with Crippen LogP contribution in [0.5, 0.6) is 0 Å². The molecule has 25 heavy (non-hydrogen) atoms. The largest absolute Gasteiger partial charge is 0.366 e. The molecule has 0 radical (unpaired) electrons. The van der Waals surface area contributed by atoms with Gasteiger partial charge in [0.1, 0.15) is 5.82 Å². The quantitative estimate of drug-likeness (QED) is 0.859. The summed E-state index contributed by atoms with van der Waals surface area (Å²) in [6, 6.07) is 9.42. The van der Waals surface area contributed by atoms with Gasteiger partial charge in [-0.05, 0) is 31.0 Å². The monoisotopic (exact) mass is 380 g/mol. The van der Waals surface area contributed by atoms with E-state index in [4.69, 9.17) is 11.6 Å². The molecule has 1 N–H and O–H groups in total. The molecule has 0 saturated carbocycles. The first-order valence-corrected chi connectivity index (χ1v) is 10.3. The number of benzene rings is 1. The van der Waals surface area contributed by atoms with E-state index < -0.39 is 9.84 Å². The number of nitrogens with zero attached hydrogens (tertiary/aromatic N) is 3. The highest BCUT2D eigenvalue weighted by Crippen LogP contribution is 2.22. The first kappa shape index (κ1) is 17.9. The second kappa shape index (κ2) is 7.17. The molecule has 2 aromatic rings. The summed E-state index contributed by atoms with van der Waals surface area (Å²) < 4.78 is 23.4. The maximum atomic E-state index is 11.7. The highest BCUT2D eigenvalue weighted by molar-refractivity contribution is 7.91. The fourth-order valence-electron chi connectivity index (χ4n) is 2.84. The second-order valence-corrected chi connectivity index (χ2v) is 9.01. The molecular formula is C17H21ClN4O2S. The van der Waals surface area contributed by atoms with E-state index in [1.165, 1.54) is 0 Å². The summed E-state index contributed by atoms with van der Waals surface area (Å²) in [7, 11) is -1.09. The van der Waals surface area contributed by atoms with Crippen LogP contribution in [0.3, 0.4) is 0 Å². The van der Waals surface area contributed by atoms with Gasteiger partial charge in [0.05, 0.1) is 11.5 Å². The summed E-state index contributed by atoms with van der Waals surface area (Å²) in [6.07, 6.45) is 0.615. The second-order valence-electron chi connectivity index (χ2n) is 6.34. The zero-order chi connectivity index (χ0) is 18.0. The zero-order valence-corrected chi connectivity index (χ0v) is 15.8. The fraction of sp³-hybridized carbons (Fsp3) is 0.412. The summed E-state index contributed by atoms with van der Waals surface area (Å²) >= 11 is 5.90. The van der Waals surface area contributed by atoms with Gasteiger partial charge in [-0.25, -0.2) is 13.4 Å². The van der Waals surface area contributed by atoms with E-state index in [1.807, 2.05) is 49.2 Å². The Hall–Kier alpha value is -1.86. The zero-order valence-electron chi connectivity index (χ0n) is 14.2. The van der Waals surface area contributed by atoms with Crippen molar-refractivity contribution >= 4 is 33.2 Å². The number of hydrogen-bond donors (Lipinski definition) is 1. The van der Waals surface area contributed by atoms with E-state index in [0.29, 0.717) is 29.8 Å². The molecule has 0 amide bonds. The van der Waals surface area contributed by atoms with Crippen LogP contribution in [0.1, 0.15) is 17.7 Å². The lowest BCUT2D eigenvalue weighted by atomic mass is 10.2. The molecule has 0 aliphatic carbocycles. The van der Waals surface area contributed by atoms with Gasteiger partial charge in [-0.15, -0.1) is 0 Å². The van der Waals surface area contributed by atoms with Crippen molar-refractivity contribution in [1.82, 2.24) is 9.97 Å². The molecule has 1 aliphatic heterocycles. The number of aryl methyl sites for hydroxylation is 1. The van der Waals surface area contributed by atoms with Crippen molar-refractivity contribution in [1.29, 1.82) is 0 Å². The Labute approximate surface area is 153 Å². The van der Waals surface area contributed by atoms with Crippen LogP contribution >= 0.6 is 11.6 Å². The lowest BCUT2D eigenvalue weighted by Gasteiger charge is -2.24. The summed E-state index contributed by atoms with van der Waals surface area (Å²) in [5, 5.41) is 3.99. The Bertz CT molecular complexity index is 855.